The van der Waals surface area contributed by atoms with Crippen molar-refractivity contribution < 1.29 is 14.3 Å². The molecule has 2 amide bonds. The Kier molecular flexibility index (Phi) is 4.30. The van der Waals surface area contributed by atoms with Crippen molar-refractivity contribution in [1.29, 1.82) is 0 Å². The summed E-state index contributed by atoms with van der Waals surface area (Å²) in [7, 11) is 0. The number of aryl methyl sites for hydroxylation is 1. The van der Waals surface area contributed by atoms with Gasteiger partial charge in [-0.1, -0.05) is 6.07 Å². The number of hydrogen-bond acceptors (Lipinski definition) is 4. The summed E-state index contributed by atoms with van der Waals surface area (Å²) in [5, 5.41) is 2.63. The molecule has 1 aliphatic heterocycles. The van der Waals surface area contributed by atoms with E-state index in [0.29, 0.717) is 19.2 Å². The van der Waals surface area contributed by atoms with Crippen molar-refractivity contribution >= 4 is 23.5 Å². The highest BCUT2D eigenvalue weighted by atomic mass is 16.5. The molecule has 1 aliphatic carbocycles. The third kappa shape index (κ3) is 3.13. The number of nitrogens with one attached hydrogen (secondary N) is 1. The van der Waals surface area contributed by atoms with E-state index < -0.39 is 0 Å². The number of hydrogen-bond donors (Lipinski definition) is 1. The van der Waals surface area contributed by atoms with Gasteiger partial charge < -0.3 is 9.64 Å². The van der Waals surface area contributed by atoms with Gasteiger partial charge in [0.05, 0.1) is 0 Å². The summed E-state index contributed by atoms with van der Waals surface area (Å²) in [6, 6.07) is 6.53. The molecular weight excluding hydrogens is 306 g/mol. The average Bonchev–Trinajstić information content (AvgIpc) is 2.89. The summed E-state index contributed by atoms with van der Waals surface area (Å²) in [5.41, 5.74) is 3.17. The number of nitrogens with zero attached hydrogens (tertiary/aromatic N) is 2. The van der Waals surface area contributed by atoms with Crippen molar-refractivity contribution in [1.82, 2.24) is 5.32 Å². The zero-order chi connectivity index (χ0) is 17.3. The van der Waals surface area contributed by atoms with E-state index in [0.717, 1.165) is 24.9 Å². The lowest BCUT2D eigenvalue weighted by Gasteiger charge is -2.31. The maximum Gasteiger partial charge on any atom is 0.292 e. The SMILES string of the molecule is CCN(C(C)=O)c1ccc2c(c1)CCC1(COC(NC(C)=O)=N1)C2. The molecule has 1 aromatic rings. The molecule has 0 radical (unpaired) electrons. The third-order valence-electron chi connectivity index (χ3n) is 4.68. The molecule has 24 heavy (non-hydrogen) atoms. The average molecular weight is 329 g/mol. The van der Waals surface area contributed by atoms with Crippen LogP contribution in [0.3, 0.4) is 0 Å². The van der Waals surface area contributed by atoms with Gasteiger partial charge in [0.15, 0.2) is 0 Å². The molecule has 6 heteroatoms. The van der Waals surface area contributed by atoms with Gasteiger partial charge in [-0.25, -0.2) is 4.99 Å². The van der Waals surface area contributed by atoms with Crippen LogP contribution in [0.1, 0.15) is 38.3 Å². The Morgan fingerprint density at radius 2 is 2.12 bits per heavy atom. The molecule has 0 bridgehead atoms. The molecule has 1 unspecified atom stereocenters. The smallest absolute Gasteiger partial charge is 0.292 e. The summed E-state index contributed by atoms with van der Waals surface area (Å²) in [6.45, 7) is 6.17. The number of anilines is 1. The van der Waals surface area contributed by atoms with Crippen molar-refractivity contribution in [2.45, 2.75) is 45.6 Å². The highest BCUT2D eigenvalue weighted by Crippen LogP contribution is 2.36. The minimum Gasteiger partial charge on any atom is -0.462 e. The Labute approximate surface area is 141 Å². The Balaban J connectivity index is 1.82. The lowest BCUT2D eigenvalue weighted by molar-refractivity contribution is -0.118. The number of amidine groups is 1. The first-order chi connectivity index (χ1) is 11.4. The van der Waals surface area contributed by atoms with Crippen LogP contribution in [0.5, 0.6) is 0 Å². The molecule has 1 N–H and O–H groups in total. The molecular formula is C18H23N3O3. The molecule has 3 rings (SSSR count). The number of carbonyl (C=O) groups is 2. The number of benzene rings is 1. The van der Waals surface area contributed by atoms with Crippen molar-refractivity contribution in [2.24, 2.45) is 4.99 Å². The standard InChI is InChI=1S/C18H23N3O3/c1-4-21(13(3)23)16-6-5-15-10-18(8-7-14(15)9-16)11-24-17(20-18)19-12(2)22/h5-6,9H,4,7-8,10-11H2,1-3H3,(H,19,20,22). The number of rotatable bonds is 2. The predicted octanol–water partition coefficient (Wildman–Crippen LogP) is 1.81. The van der Waals surface area contributed by atoms with Crippen molar-refractivity contribution in [3.63, 3.8) is 0 Å². The molecule has 1 atom stereocenters. The summed E-state index contributed by atoms with van der Waals surface area (Å²) >= 11 is 0. The van der Waals surface area contributed by atoms with Gasteiger partial charge in [0.25, 0.3) is 6.02 Å². The van der Waals surface area contributed by atoms with Gasteiger partial charge in [0, 0.05) is 32.5 Å². The third-order valence-corrected chi connectivity index (χ3v) is 4.68. The Hall–Kier alpha value is -2.37. The van der Waals surface area contributed by atoms with Crippen molar-refractivity contribution in [3.8, 4) is 0 Å². The maximum absolute atomic E-state index is 11.7. The molecule has 2 aliphatic rings. The van der Waals surface area contributed by atoms with E-state index in [4.69, 9.17) is 4.74 Å². The Morgan fingerprint density at radius 3 is 2.79 bits per heavy atom. The fraction of sp³-hybridized carbons (Fsp3) is 0.500. The first-order valence-corrected chi connectivity index (χ1v) is 8.32. The molecule has 0 fully saturated rings. The first kappa shape index (κ1) is 16.5. The summed E-state index contributed by atoms with van der Waals surface area (Å²) in [6.07, 6.45) is 2.55. The fourth-order valence-corrected chi connectivity index (χ4v) is 3.50. The van der Waals surface area contributed by atoms with Gasteiger partial charge in [0.2, 0.25) is 11.8 Å². The zero-order valence-corrected chi connectivity index (χ0v) is 14.4. The van der Waals surface area contributed by atoms with Gasteiger partial charge in [0.1, 0.15) is 12.1 Å². The number of carbonyl (C=O) groups excluding carboxylic acids is 2. The number of ether oxygens (including phenoxy) is 1. The Bertz CT molecular complexity index is 713. The van der Waals surface area contributed by atoms with Crippen molar-refractivity contribution in [3.05, 3.63) is 29.3 Å². The predicted molar refractivity (Wildman–Crippen MR) is 92.1 cm³/mol. The van der Waals surface area contributed by atoms with Crippen LogP contribution in [0.2, 0.25) is 0 Å². The minimum absolute atomic E-state index is 0.0541. The van der Waals surface area contributed by atoms with Crippen LogP contribution in [0.25, 0.3) is 0 Å². The van der Waals surface area contributed by atoms with Gasteiger partial charge in [-0.15, -0.1) is 0 Å². The topological polar surface area (TPSA) is 71.0 Å². The second-order valence-electron chi connectivity index (χ2n) is 6.50. The molecule has 0 aromatic heterocycles. The lowest BCUT2D eigenvalue weighted by atomic mass is 9.79. The van der Waals surface area contributed by atoms with E-state index in [1.807, 2.05) is 13.0 Å². The molecule has 128 valence electrons. The number of amides is 2. The summed E-state index contributed by atoms with van der Waals surface area (Å²) in [4.78, 5) is 29.3. The van der Waals surface area contributed by atoms with Gasteiger partial charge in [-0.2, -0.15) is 0 Å². The monoisotopic (exact) mass is 329 g/mol. The van der Waals surface area contributed by atoms with Gasteiger partial charge in [-0.05, 0) is 43.0 Å². The Morgan fingerprint density at radius 1 is 1.33 bits per heavy atom. The van der Waals surface area contributed by atoms with E-state index in [9.17, 15) is 9.59 Å². The largest absolute Gasteiger partial charge is 0.462 e. The molecule has 0 saturated carbocycles. The molecule has 6 nitrogen and oxygen atoms in total. The van der Waals surface area contributed by atoms with E-state index in [1.54, 1.807) is 11.8 Å². The van der Waals surface area contributed by atoms with Crippen LogP contribution in [0, 0.1) is 0 Å². The van der Waals surface area contributed by atoms with E-state index in [1.165, 1.54) is 18.1 Å². The van der Waals surface area contributed by atoms with Crippen LogP contribution in [0.4, 0.5) is 5.69 Å². The lowest BCUT2D eigenvalue weighted by Crippen LogP contribution is -2.36. The van der Waals surface area contributed by atoms with Crippen LogP contribution in [-0.4, -0.2) is 36.5 Å². The van der Waals surface area contributed by atoms with E-state index >= 15 is 0 Å². The fourth-order valence-electron chi connectivity index (χ4n) is 3.50. The van der Waals surface area contributed by atoms with Crippen LogP contribution >= 0.6 is 0 Å². The molecule has 0 saturated heterocycles. The molecule has 1 heterocycles. The highest BCUT2D eigenvalue weighted by molar-refractivity contribution is 5.94. The maximum atomic E-state index is 11.7. The van der Waals surface area contributed by atoms with E-state index in [2.05, 4.69) is 22.4 Å². The first-order valence-electron chi connectivity index (χ1n) is 8.32. The van der Waals surface area contributed by atoms with E-state index in [-0.39, 0.29) is 17.4 Å². The second kappa shape index (κ2) is 6.26. The number of aliphatic imine (C=N–C) groups is 1. The summed E-state index contributed by atoms with van der Waals surface area (Å²) < 4.78 is 5.55. The normalized spacial score (nSPS) is 21.7. The van der Waals surface area contributed by atoms with Gasteiger partial charge >= 0.3 is 0 Å². The molecule has 1 spiro atoms. The van der Waals surface area contributed by atoms with Crippen LogP contribution in [-0.2, 0) is 27.2 Å². The highest BCUT2D eigenvalue weighted by Gasteiger charge is 2.40. The summed E-state index contributed by atoms with van der Waals surface area (Å²) in [5.74, 6) is -0.117. The molecule has 1 aromatic carbocycles. The van der Waals surface area contributed by atoms with Gasteiger partial charge in [-0.3, -0.25) is 14.9 Å². The minimum atomic E-state index is -0.280. The van der Waals surface area contributed by atoms with Crippen molar-refractivity contribution in [2.75, 3.05) is 18.1 Å². The van der Waals surface area contributed by atoms with Crippen LogP contribution < -0.4 is 10.2 Å². The zero-order valence-electron chi connectivity index (χ0n) is 14.4. The quantitative estimate of drug-likeness (QED) is 0.899. The second-order valence-corrected chi connectivity index (χ2v) is 6.50. The van der Waals surface area contributed by atoms with Crippen LogP contribution in [0.15, 0.2) is 23.2 Å². The number of fused-ring (bicyclic) bond motifs is 1.